The molecule has 0 bridgehead atoms. The molecule has 0 aliphatic rings. The molecule has 0 rings (SSSR count). The van der Waals surface area contributed by atoms with Gasteiger partial charge in [-0.1, -0.05) is 19.1 Å². The Morgan fingerprint density at radius 2 is 1.67 bits per heavy atom. The third kappa shape index (κ3) is 8.45. The van der Waals surface area contributed by atoms with E-state index in [0.29, 0.717) is 6.54 Å². The van der Waals surface area contributed by atoms with E-state index in [2.05, 4.69) is 28.2 Å². The molecule has 0 fully saturated rings. The molecule has 0 spiro atoms. The van der Waals surface area contributed by atoms with Gasteiger partial charge in [0.15, 0.2) is 0 Å². The van der Waals surface area contributed by atoms with Gasteiger partial charge in [-0.15, -0.1) is 0 Å². The van der Waals surface area contributed by atoms with Gasteiger partial charge in [-0.05, 0) is 6.42 Å². The molecule has 8 heteroatoms. The number of nitrogens with two attached hydrogens (primary N) is 1. The van der Waals surface area contributed by atoms with E-state index in [1.165, 1.54) is 0 Å². The zero-order valence-electron chi connectivity index (χ0n) is 10.2. The summed E-state index contributed by atoms with van der Waals surface area (Å²) in [5.74, 6) is -1.80. The molecule has 0 aromatic rings. The first-order chi connectivity index (χ1) is 8.47. The van der Waals surface area contributed by atoms with Crippen LogP contribution in [0.3, 0.4) is 0 Å². The number of carbonyl (C=O) groups is 3. The minimum atomic E-state index is -0.822. The van der Waals surface area contributed by atoms with E-state index in [4.69, 9.17) is 5.73 Å². The van der Waals surface area contributed by atoms with Gasteiger partial charge in [-0.25, -0.2) is 0 Å². The summed E-state index contributed by atoms with van der Waals surface area (Å²) >= 11 is 4.54. The molecule has 5 N–H and O–H groups in total. The van der Waals surface area contributed by atoms with Crippen LogP contribution in [0.2, 0.25) is 0 Å². The van der Waals surface area contributed by atoms with Crippen molar-refractivity contribution in [3.63, 3.8) is 0 Å². The van der Waals surface area contributed by atoms with Crippen LogP contribution in [-0.2, 0) is 14.4 Å². The number of amides is 3. The predicted molar refractivity (Wildman–Crippen MR) is 70.7 cm³/mol. The Bertz CT molecular complexity index is 333. The summed E-state index contributed by atoms with van der Waals surface area (Å²) in [6.45, 7) is 2.61. The predicted octanol–water partition coefficient (Wildman–Crippen LogP) is -1.58. The summed E-state index contributed by atoms with van der Waals surface area (Å²) in [5.41, 5.74) is 5.16. The molecular weight excluding hydrogens is 256 g/mol. The standard InChI is InChI=1S/C10H18N4O3S/c1-2-4-12-8(15)3-5-13-9(16)10(17)14-6-7(11)18/h2-6H2,1H3,(H2,11,18)(H,12,15)(H,13,16)(H,14,17). The molecule has 0 atom stereocenters. The van der Waals surface area contributed by atoms with Gasteiger partial charge >= 0.3 is 11.8 Å². The number of hydrogen-bond donors (Lipinski definition) is 4. The van der Waals surface area contributed by atoms with Gasteiger partial charge in [0.1, 0.15) is 0 Å². The smallest absolute Gasteiger partial charge is 0.309 e. The second kappa shape index (κ2) is 9.34. The van der Waals surface area contributed by atoms with Crippen molar-refractivity contribution in [2.24, 2.45) is 5.73 Å². The average molecular weight is 274 g/mol. The molecule has 0 aliphatic heterocycles. The van der Waals surface area contributed by atoms with E-state index in [0.717, 1.165) is 6.42 Å². The van der Waals surface area contributed by atoms with Crippen molar-refractivity contribution in [3.05, 3.63) is 0 Å². The maximum atomic E-state index is 11.2. The Hall–Kier alpha value is -1.70. The molecule has 0 saturated heterocycles. The van der Waals surface area contributed by atoms with Crippen molar-refractivity contribution in [2.45, 2.75) is 19.8 Å². The highest BCUT2D eigenvalue weighted by atomic mass is 32.1. The van der Waals surface area contributed by atoms with Crippen LogP contribution in [0.5, 0.6) is 0 Å². The van der Waals surface area contributed by atoms with Crippen molar-refractivity contribution in [1.82, 2.24) is 16.0 Å². The third-order valence-electron chi connectivity index (χ3n) is 1.84. The molecule has 0 radical (unpaired) electrons. The number of thiocarbonyl (C=S) groups is 1. The quantitative estimate of drug-likeness (QED) is 0.330. The van der Waals surface area contributed by atoms with E-state index >= 15 is 0 Å². The van der Waals surface area contributed by atoms with E-state index in [1.807, 2.05) is 6.92 Å². The second-order valence-electron chi connectivity index (χ2n) is 3.50. The highest BCUT2D eigenvalue weighted by Crippen LogP contribution is 1.79. The maximum absolute atomic E-state index is 11.2. The zero-order valence-corrected chi connectivity index (χ0v) is 11.1. The molecule has 7 nitrogen and oxygen atoms in total. The van der Waals surface area contributed by atoms with E-state index in [1.54, 1.807) is 0 Å². The zero-order chi connectivity index (χ0) is 14.0. The summed E-state index contributed by atoms with van der Waals surface area (Å²) in [4.78, 5) is 33.6. The highest BCUT2D eigenvalue weighted by Gasteiger charge is 2.12. The molecule has 3 amide bonds. The lowest BCUT2D eigenvalue weighted by atomic mass is 10.3. The lowest BCUT2D eigenvalue weighted by Gasteiger charge is -2.06. The van der Waals surface area contributed by atoms with Gasteiger partial charge in [0.25, 0.3) is 0 Å². The van der Waals surface area contributed by atoms with E-state index < -0.39 is 11.8 Å². The Kier molecular flexibility index (Phi) is 8.46. The second-order valence-corrected chi connectivity index (χ2v) is 4.03. The maximum Gasteiger partial charge on any atom is 0.309 e. The molecule has 18 heavy (non-hydrogen) atoms. The fraction of sp³-hybridized carbons (Fsp3) is 0.600. The molecule has 0 unspecified atom stereocenters. The van der Waals surface area contributed by atoms with Crippen LogP contribution in [0.4, 0.5) is 0 Å². The fourth-order valence-corrected chi connectivity index (χ4v) is 1.04. The molecule has 0 heterocycles. The Morgan fingerprint density at radius 1 is 1.06 bits per heavy atom. The van der Waals surface area contributed by atoms with Crippen molar-refractivity contribution in [3.8, 4) is 0 Å². The van der Waals surface area contributed by atoms with Gasteiger partial charge in [-0.3, -0.25) is 14.4 Å². The summed E-state index contributed by atoms with van der Waals surface area (Å²) < 4.78 is 0. The van der Waals surface area contributed by atoms with Crippen molar-refractivity contribution < 1.29 is 14.4 Å². The van der Waals surface area contributed by atoms with Crippen LogP contribution in [0.15, 0.2) is 0 Å². The summed E-state index contributed by atoms with van der Waals surface area (Å²) in [5, 5.41) is 7.21. The van der Waals surface area contributed by atoms with Crippen LogP contribution >= 0.6 is 12.2 Å². The van der Waals surface area contributed by atoms with Gasteiger partial charge in [0.05, 0.1) is 11.5 Å². The number of nitrogens with one attached hydrogen (secondary N) is 3. The Labute approximate surface area is 111 Å². The van der Waals surface area contributed by atoms with Crippen molar-refractivity contribution in [1.29, 1.82) is 0 Å². The largest absolute Gasteiger partial charge is 0.392 e. The van der Waals surface area contributed by atoms with Crippen LogP contribution in [0.25, 0.3) is 0 Å². The third-order valence-corrected chi connectivity index (χ3v) is 1.98. The monoisotopic (exact) mass is 274 g/mol. The summed E-state index contributed by atoms with van der Waals surface area (Å²) in [7, 11) is 0. The Morgan fingerprint density at radius 3 is 2.22 bits per heavy atom. The van der Waals surface area contributed by atoms with E-state index in [-0.39, 0.29) is 30.4 Å². The lowest BCUT2D eigenvalue weighted by Crippen LogP contribution is -2.43. The normalized spacial score (nSPS) is 9.39. The van der Waals surface area contributed by atoms with Crippen LogP contribution in [0.1, 0.15) is 19.8 Å². The first kappa shape index (κ1) is 16.3. The SMILES string of the molecule is CCCNC(=O)CCNC(=O)C(=O)NCC(N)=S. The van der Waals surface area contributed by atoms with Crippen LogP contribution < -0.4 is 21.7 Å². The summed E-state index contributed by atoms with van der Waals surface area (Å²) in [6.07, 6.45) is 0.980. The van der Waals surface area contributed by atoms with Gasteiger partial charge < -0.3 is 21.7 Å². The average Bonchev–Trinajstić information content (AvgIpc) is 2.33. The van der Waals surface area contributed by atoms with E-state index in [9.17, 15) is 14.4 Å². The number of hydrogen-bond acceptors (Lipinski definition) is 4. The molecular formula is C10H18N4O3S. The lowest BCUT2D eigenvalue weighted by molar-refractivity contribution is -0.139. The number of rotatable bonds is 7. The fourth-order valence-electron chi connectivity index (χ4n) is 0.970. The van der Waals surface area contributed by atoms with Crippen LogP contribution in [-0.4, -0.2) is 42.3 Å². The summed E-state index contributed by atoms with van der Waals surface area (Å²) in [6, 6.07) is 0. The van der Waals surface area contributed by atoms with Gasteiger partial charge in [-0.2, -0.15) is 0 Å². The molecule has 0 aliphatic carbocycles. The molecule has 0 saturated carbocycles. The topological polar surface area (TPSA) is 113 Å². The first-order valence-corrected chi connectivity index (χ1v) is 5.99. The first-order valence-electron chi connectivity index (χ1n) is 5.58. The van der Waals surface area contributed by atoms with Gasteiger partial charge in [0, 0.05) is 19.5 Å². The molecule has 102 valence electrons. The van der Waals surface area contributed by atoms with Crippen molar-refractivity contribution >= 4 is 34.9 Å². The Balaban J connectivity index is 3.72. The van der Waals surface area contributed by atoms with Crippen molar-refractivity contribution in [2.75, 3.05) is 19.6 Å². The van der Waals surface area contributed by atoms with Crippen LogP contribution in [0, 0.1) is 0 Å². The minimum absolute atomic E-state index is 0.0292. The minimum Gasteiger partial charge on any atom is -0.392 e. The molecule has 0 aromatic heterocycles. The molecule has 0 aromatic carbocycles. The highest BCUT2D eigenvalue weighted by molar-refractivity contribution is 7.80. The van der Waals surface area contributed by atoms with Gasteiger partial charge in [0.2, 0.25) is 5.91 Å². The number of carbonyl (C=O) groups excluding carboxylic acids is 3.